The highest BCUT2D eigenvalue weighted by atomic mass is 16.6. The zero-order valence-electron chi connectivity index (χ0n) is 10.9. The number of benzene rings is 1. The molecular weight excluding hydrogens is 248 g/mol. The number of aliphatic hydroxyl groups is 1. The molecule has 1 saturated heterocycles. The molecule has 1 heterocycles. The van der Waals surface area contributed by atoms with Crippen molar-refractivity contribution in [3.8, 4) is 5.75 Å². The van der Waals surface area contributed by atoms with Gasteiger partial charge in [-0.1, -0.05) is 12.1 Å². The molecular formula is C14H18O5. The third-order valence-electron chi connectivity index (χ3n) is 2.87. The van der Waals surface area contributed by atoms with E-state index in [2.05, 4.69) is 0 Å². The zero-order valence-corrected chi connectivity index (χ0v) is 10.9. The molecule has 1 fully saturated rings. The fourth-order valence-electron chi connectivity index (χ4n) is 1.91. The van der Waals surface area contributed by atoms with E-state index in [1.54, 1.807) is 31.2 Å². The van der Waals surface area contributed by atoms with Gasteiger partial charge in [0.1, 0.15) is 11.9 Å². The molecule has 1 aliphatic heterocycles. The number of carbonyl (C=O) groups is 1. The normalized spacial score (nSPS) is 20.0. The van der Waals surface area contributed by atoms with Gasteiger partial charge in [-0.25, -0.2) is 4.79 Å². The van der Waals surface area contributed by atoms with Crippen LogP contribution in [0.15, 0.2) is 24.3 Å². The van der Waals surface area contributed by atoms with Crippen LogP contribution < -0.4 is 4.74 Å². The zero-order chi connectivity index (χ0) is 13.7. The minimum atomic E-state index is -1.27. The van der Waals surface area contributed by atoms with Crippen molar-refractivity contribution in [2.45, 2.75) is 25.6 Å². The Bertz CT molecular complexity index is 426. The average Bonchev–Trinajstić information content (AvgIpc) is 2.91. The quantitative estimate of drug-likeness (QED) is 0.817. The Balaban J connectivity index is 2.03. The van der Waals surface area contributed by atoms with Gasteiger partial charge in [0.25, 0.3) is 0 Å². The number of esters is 1. The molecule has 1 aliphatic rings. The molecule has 2 unspecified atom stereocenters. The summed E-state index contributed by atoms with van der Waals surface area (Å²) in [5.74, 6) is -0.0276. The average molecular weight is 266 g/mol. The second-order valence-corrected chi connectivity index (χ2v) is 4.33. The number of ether oxygens (including phenoxy) is 3. The minimum Gasteiger partial charge on any atom is -0.488 e. The van der Waals surface area contributed by atoms with Crippen LogP contribution in [0.4, 0.5) is 0 Å². The van der Waals surface area contributed by atoms with Crippen molar-refractivity contribution in [1.29, 1.82) is 0 Å². The smallest absolute Gasteiger partial charge is 0.339 e. The standard InChI is InChI=1S/C14H18O5/c1-2-18-14(16)13(15)10-4-3-5-11(8-10)19-12-6-7-17-9-12/h3-5,8,12-13,15H,2,6-7,9H2,1H3. The van der Waals surface area contributed by atoms with Crippen molar-refractivity contribution in [2.75, 3.05) is 19.8 Å². The lowest BCUT2D eigenvalue weighted by molar-refractivity contribution is -0.153. The fraction of sp³-hybridized carbons (Fsp3) is 0.500. The van der Waals surface area contributed by atoms with Crippen molar-refractivity contribution in [2.24, 2.45) is 0 Å². The van der Waals surface area contributed by atoms with Crippen LogP contribution in [0.2, 0.25) is 0 Å². The lowest BCUT2D eigenvalue weighted by Crippen LogP contribution is -2.17. The molecule has 2 atom stereocenters. The van der Waals surface area contributed by atoms with Crippen LogP contribution in [0.1, 0.15) is 25.0 Å². The highest BCUT2D eigenvalue weighted by Crippen LogP contribution is 2.22. The molecule has 0 radical (unpaired) electrons. The van der Waals surface area contributed by atoms with Crippen LogP contribution in [0, 0.1) is 0 Å². The summed E-state index contributed by atoms with van der Waals surface area (Å²) in [6.07, 6.45) is -0.386. The lowest BCUT2D eigenvalue weighted by atomic mass is 10.1. The maximum absolute atomic E-state index is 11.5. The summed E-state index contributed by atoms with van der Waals surface area (Å²) in [5, 5.41) is 9.85. The molecule has 0 bridgehead atoms. The highest BCUT2D eigenvalue weighted by Gasteiger charge is 2.21. The summed E-state index contributed by atoms with van der Waals surface area (Å²) in [6, 6.07) is 6.85. The van der Waals surface area contributed by atoms with Crippen LogP contribution in [0.5, 0.6) is 5.75 Å². The van der Waals surface area contributed by atoms with Crippen molar-refractivity contribution < 1.29 is 24.1 Å². The van der Waals surface area contributed by atoms with E-state index in [9.17, 15) is 9.90 Å². The molecule has 0 amide bonds. The van der Waals surface area contributed by atoms with Crippen molar-refractivity contribution in [3.63, 3.8) is 0 Å². The van der Waals surface area contributed by atoms with Crippen LogP contribution in [0.3, 0.4) is 0 Å². The summed E-state index contributed by atoms with van der Waals surface area (Å²) >= 11 is 0. The van der Waals surface area contributed by atoms with Crippen LogP contribution in [0.25, 0.3) is 0 Å². The molecule has 0 aliphatic carbocycles. The molecule has 0 spiro atoms. The molecule has 0 saturated carbocycles. The lowest BCUT2D eigenvalue weighted by Gasteiger charge is -2.14. The Kier molecular flexibility index (Phi) is 4.76. The number of hydrogen-bond donors (Lipinski definition) is 1. The Labute approximate surface area is 112 Å². The van der Waals surface area contributed by atoms with Crippen molar-refractivity contribution >= 4 is 5.97 Å². The Hall–Kier alpha value is -1.59. The summed E-state index contributed by atoms with van der Waals surface area (Å²) in [4.78, 5) is 11.5. The molecule has 0 aromatic heterocycles. The first-order valence-electron chi connectivity index (χ1n) is 6.39. The van der Waals surface area contributed by atoms with Gasteiger partial charge in [-0.2, -0.15) is 0 Å². The number of aliphatic hydroxyl groups excluding tert-OH is 1. The maximum Gasteiger partial charge on any atom is 0.339 e. The maximum atomic E-state index is 11.5. The summed E-state index contributed by atoms with van der Waals surface area (Å²) < 4.78 is 15.7. The van der Waals surface area contributed by atoms with Crippen LogP contribution in [-0.4, -0.2) is 37.0 Å². The van der Waals surface area contributed by atoms with E-state index in [1.165, 1.54) is 0 Å². The van der Waals surface area contributed by atoms with Gasteiger partial charge in [0.05, 0.1) is 19.8 Å². The molecule has 5 nitrogen and oxygen atoms in total. The first-order chi connectivity index (χ1) is 9.20. The van der Waals surface area contributed by atoms with E-state index in [0.717, 1.165) is 6.42 Å². The molecule has 1 aromatic carbocycles. The largest absolute Gasteiger partial charge is 0.488 e. The van der Waals surface area contributed by atoms with Gasteiger partial charge in [-0.15, -0.1) is 0 Å². The van der Waals surface area contributed by atoms with E-state index >= 15 is 0 Å². The van der Waals surface area contributed by atoms with E-state index < -0.39 is 12.1 Å². The van der Waals surface area contributed by atoms with Gasteiger partial charge in [-0.05, 0) is 24.6 Å². The Morgan fingerprint density at radius 3 is 3.11 bits per heavy atom. The minimum absolute atomic E-state index is 0.0370. The molecule has 19 heavy (non-hydrogen) atoms. The van der Waals surface area contributed by atoms with Crippen LogP contribution >= 0.6 is 0 Å². The van der Waals surface area contributed by atoms with E-state index in [0.29, 0.717) is 24.5 Å². The van der Waals surface area contributed by atoms with Gasteiger partial charge in [0.2, 0.25) is 0 Å². The number of hydrogen-bond acceptors (Lipinski definition) is 5. The van der Waals surface area contributed by atoms with E-state index in [-0.39, 0.29) is 12.7 Å². The molecule has 1 aromatic rings. The monoisotopic (exact) mass is 266 g/mol. The Morgan fingerprint density at radius 1 is 1.58 bits per heavy atom. The van der Waals surface area contributed by atoms with E-state index in [1.807, 2.05) is 0 Å². The van der Waals surface area contributed by atoms with E-state index in [4.69, 9.17) is 14.2 Å². The first kappa shape index (κ1) is 13.8. The second kappa shape index (κ2) is 6.54. The summed E-state index contributed by atoms with van der Waals surface area (Å²) in [5.41, 5.74) is 0.467. The van der Waals surface area contributed by atoms with Crippen LogP contribution in [-0.2, 0) is 14.3 Å². The molecule has 2 rings (SSSR count). The van der Waals surface area contributed by atoms with Gasteiger partial charge >= 0.3 is 5.97 Å². The highest BCUT2D eigenvalue weighted by molar-refractivity contribution is 5.76. The van der Waals surface area contributed by atoms with Gasteiger partial charge in [0, 0.05) is 6.42 Å². The fourth-order valence-corrected chi connectivity index (χ4v) is 1.91. The number of carbonyl (C=O) groups excluding carboxylic acids is 1. The first-order valence-corrected chi connectivity index (χ1v) is 6.39. The SMILES string of the molecule is CCOC(=O)C(O)c1cccc(OC2CCOC2)c1. The van der Waals surface area contributed by atoms with Gasteiger partial charge in [-0.3, -0.25) is 0 Å². The molecule has 5 heteroatoms. The Morgan fingerprint density at radius 2 is 2.42 bits per heavy atom. The third kappa shape index (κ3) is 3.68. The predicted molar refractivity (Wildman–Crippen MR) is 67.9 cm³/mol. The van der Waals surface area contributed by atoms with Gasteiger partial charge in [0.15, 0.2) is 6.10 Å². The molecule has 1 N–H and O–H groups in total. The molecule has 104 valence electrons. The summed E-state index contributed by atoms with van der Waals surface area (Å²) in [6.45, 7) is 3.22. The van der Waals surface area contributed by atoms with Crippen molar-refractivity contribution in [3.05, 3.63) is 29.8 Å². The predicted octanol–water partition coefficient (Wildman–Crippen LogP) is 1.45. The summed E-state index contributed by atoms with van der Waals surface area (Å²) in [7, 11) is 0. The third-order valence-corrected chi connectivity index (χ3v) is 2.87. The van der Waals surface area contributed by atoms with Gasteiger partial charge < -0.3 is 19.3 Å². The van der Waals surface area contributed by atoms with Crippen molar-refractivity contribution in [1.82, 2.24) is 0 Å². The number of rotatable bonds is 5. The topological polar surface area (TPSA) is 65.0 Å². The second-order valence-electron chi connectivity index (χ2n) is 4.33.